The Morgan fingerprint density at radius 1 is 0.875 bits per heavy atom. The van der Waals surface area contributed by atoms with Crippen LogP contribution < -0.4 is 0 Å². The van der Waals surface area contributed by atoms with Gasteiger partial charge in [-0.3, -0.25) is 0 Å². The molecule has 0 N–H and O–H groups in total. The van der Waals surface area contributed by atoms with Crippen LogP contribution in [0.15, 0.2) is 54.6 Å². The van der Waals surface area contributed by atoms with E-state index < -0.39 is 6.10 Å². The summed E-state index contributed by atoms with van der Waals surface area (Å²) in [5.41, 5.74) is 3.44. The van der Waals surface area contributed by atoms with Gasteiger partial charge in [-0.05, 0) is 61.1 Å². The van der Waals surface area contributed by atoms with Crippen LogP contribution in [0, 0.1) is 5.92 Å². The Morgan fingerprint density at radius 3 is 2.09 bits per heavy atom. The predicted octanol–water partition coefficient (Wildman–Crippen LogP) is 7.36. The minimum atomic E-state index is -0.688. The molecule has 3 atom stereocenters. The zero-order valence-corrected chi connectivity index (χ0v) is 20.6. The average Bonchev–Trinajstić information content (AvgIpc) is 2.78. The fourth-order valence-corrected chi connectivity index (χ4v) is 4.96. The fourth-order valence-electron chi connectivity index (χ4n) is 4.96. The summed E-state index contributed by atoms with van der Waals surface area (Å²) in [7, 11) is 0. The van der Waals surface area contributed by atoms with Gasteiger partial charge in [-0.2, -0.15) is 0 Å². The van der Waals surface area contributed by atoms with Crippen LogP contribution in [0.4, 0.5) is 0 Å². The molecule has 2 aromatic carbocycles. The van der Waals surface area contributed by atoms with E-state index in [0.717, 1.165) is 24.8 Å². The first-order valence-electron chi connectivity index (χ1n) is 12.2. The summed E-state index contributed by atoms with van der Waals surface area (Å²) in [6, 6.07) is 18.7. The third-order valence-electron chi connectivity index (χ3n) is 6.94. The van der Waals surface area contributed by atoms with Crippen LogP contribution in [0.2, 0.25) is 0 Å². The normalized spacial score (nSPS) is 20.4. The van der Waals surface area contributed by atoms with Crippen molar-refractivity contribution < 1.29 is 14.3 Å². The Labute approximate surface area is 194 Å². The third-order valence-corrected chi connectivity index (χ3v) is 6.94. The van der Waals surface area contributed by atoms with Crippen LogP contribution in [0.5, 0.6) is 0 Å². The molecule has 0 amide bonds. The molecule has 0 spiro atoms. The minimum absolute atomic E-state index is 0.0641. The van der Waals surface area contributed by atoms with Gasteiger partial charge in [0.1, 0.15) is 6.10 Å². The lowest BCUT2D eigenvalue weighted by Gasteiger charge is -2.42. The van der Waals surface area contributed by atoms with Crippen LogP contribution in [-0.2, 0) is 19.7 Å². The Morgan fingerprint density at radius 2 is 1.50 bits per heavy atom. The van der Waals surface area contributed by atoms with Crippen molar-refractivity contribution in [2.75, 3.05) is 0 Å². The van der Waals surface area contributed by atoms with Crippen molar-refractivity contribution >= 4 is 5.97 Å². The minimum Gasteiger partial charge on any atom is -0.460 e. The first-order valence-corrected chi connectivity index (χ1v) is 12.2. The molecule has 0 unspecified atom stereocenters. The largest absolute Gasteiger partial charge is 0.460 e. The van der Waals surface area contributed by atoms with Gasteiger partial charge in [0.05, 0.1) is 6.10 Å². The Kier molecular flexibility index (Phi) is 8.16. The maximum Gasteiger partial charge on any atom is 0.340 e. The lowest BCUT2D eigenvalue weighted by molar-refractivity contribution is -0.172. The molecule has 0 aromatic heterocycles. The Bertz CT molecular complexity index is 852. The summed E-state index contributed by atoms with van der Waals surface area (Å²) in [6.45, 7) is 13.0. The second-order valence-electron chi connectivity index (χ2n) is 10.3. The van der Waals surface area contributed by atoms with Gasteiger partial charge in [-0.1, -0.05) is 88.7 Å². The molecule has 1 aliphatic rings. The second kappa shape index (κ2) is 10.7. The van der Waals surface area contributed by atoms with Crippen LogP contribution in [-0.4, -0.2) is 18.2 Å². The molecule has 1 saturated carbocycles. The van der Waals surface area contributed by atoms with Gasteiger partial charge in [0.25, 0.3) is 0 Å². The van der Waals surface area contributed by atoms with Crippen LogP contribution in [0.3, 0.4) is 0 Å². The van der Waals surface area contributed by atoms with Crippen molar-refractivity contribution in [2.45, 2.75) is 96.9 Å². The van der Waals surface area contributed by atoms with E-state index in [-0.39, 0.29) is 29.5 Å². The summed E-state index contributed by atoms with van der Waals surface area (Å²) >= 11 is 0. The summed E-state index contributed by atoms with van der Waals surface area (Å²) < 4.78 is 12.2. The van der Waals surface area contributed by atoms with E-state index in [1.807, 2.05) is 44.2 Å². The molecule has 3 rings (SSSR count). The number of carbonyl (C=O) groups is 1. The maximum absolute atomic E-state index is 13.3. The third kappa shape index (κ3) is 5.81. The molecule has 32 heavy (non-hydrogen) atoms. The molecule has 3 nitrogen and oxygen atoms in total. The molecule has 0 radical (unpaired) electrons. The van der Waals surface area contributed by atoms with Gasteiger partial charge in [0.2, 0.25) is 0 Å². The molecule has 0 bridgehead atoms. The number of hydrogen-bond donors (Lipinski definition) is 0. The topological polar surface area (TPSA) is 35.5 Å². The first-order chi connectivity index (χ1) is 15.2. The molecule has 0 aliphatic heterocycles. The first kappa shape index (κ1) is 24.5. The highest BCUT2D eigenvalue weighted by molar-refractivity contribution is 5.76. The zero-order chi connectivity index (χ0) is 23.3. The SMILES string of the molecule is CC(C)O[C@@H](C(=O)O[C@H]1CCCC[C@@H]1C(C)(C)c1ccc(C(C)C)cc1)c1ccccc1. The van der Waals surface area contributed by atoms with Crippen LogP contribution in [0.25, 0.3) is 0 Å². The molecular weight excluding hydrogens is 396 g/mol. The van der Waals surface area contributed by atoms with Gasteiger partial charge < -0.3 is 9.47 Å². The predicted molar refractivity (Wildman–Crippen MR) is 131 cm³/mol. The molecule has 2 aromatic rings. The van der Waals surface area contributed by atoms with E-state index >= 15 is 0 Å². The van der Waals surface area contributed by atoms with E-state index in [1.165, 1.54) is 17.5 Å². The number of benzene rings is 2. The van der Waals surface area contributed by atoms with Crippen LogP contribution >= 0.6 is 0 Å². The number of hydrogen-bond acceptors (Lipinski definition) is 3. The number of ether oxygens (including phenoxy) is 2. The fraction of sp³-hybridized carbons (Fsp3) is 0.552. The smallest absolute Gasteiger partial charge is 0.340 e. The molecular formula is C29H40O3. The average molecular weight is 437 g/mol. The van der Waals surface area contributed by atoms with Gasteiger partial charge in [-0.15, -0.1) is 0 Å². The van der Waals surface area contributed by atoms with Crippen molar-refractivity contribution in [3.8, 4) is 0 Å². The summed E-state index contributed by atoms with van der Waals surface area (Å²) in [6.07, 6.45) is 3.40. The molecule has 1 fully saturated rings. The van der Waals surface area contributed by atoms with Crippen molar-refractivity contribution in [3.63, 3.8) is 0 Å². The number of carbonyl (C=O) groups excluding carboxylic acids is 1. The highest BCUT2D eigenvalue weighted by Crippen LogP contribution is 2.43. The van der Waals surface area contributed by atoms with Crippen molar-refractivity contribution in [1.82, 2.24) is 0 Å². The highest BCUT2D eigenvalue weighted by Gasteiger charge is 2.41. The summed E-state index contributed by atoms with van der Waals surface area (Å²) in [5.74, 6) is 0.528. The van der Waals surface area contributed by atoms with E-state index in [1.54, 1.807) is 0 Å². The Hall–Kier alpha value is -2.13. The van der Waals surface area contributed by atoms with Crippen molar-refractivity contribution in [3.05, 3.63) is 71.3 Å². The van der Waals surface area contributed by atoms with E-state index in [0.29, 0.717) is 5.92 Å². The number of esters is 1. The van der Waals surface area contributed by atoms with E-state index in [2.05, 4.69) is 52.0 Å². The molecule has 174 valence electrons. The zero-order valence-electron chi connectivity index (χ0n) is 20.6. The van der Waals surface area contributed by atoms with Crippen molar-refractivity contribution in [2.24, 2.45) is 5.92 Å². The second-order valence-corrected chi connectivity index (χ2v) is 10.3. The van der Waals surface area contributed by atoms with E-state index in [4.69, 9.17) is 9.47 Å². The maximum atomic E-state index is 13.3. The Balaban J connectivity index is 1.81. The number of rotatable bonds is 8. The monoisotopic (exact) mass is 436 g/mol. The van der Waals surface area contributed by atoms with Gasteiger partial charge >= 0.3 is 5.97 Å². The quantitative estimate of drug-likeness (QED) is 0.406. The molecule has 0 heterocycles. The summed E-state index contributed by atoms with van der Waals surface area (Å²) in [5, 5.41) is 0. The van der Waals surface area contributed by atoms with E-state index in [9.17, 15) is 4.79 Å². The molecule has 0 saturated heterocycles. The van der Waals surface area contributed by atoms with Gasteiger partial charge in [0.15, 0.2) is 6.10 Å². The van der Waals surface area contributed by atoms with Crippen molar-refractivity contribution in [1.29, 1.82) is 0 Å². The van der Waals surface area contributed by atoms with Crippen LogP contribution in [0.1, 0.15) is 95.9 Å². The highest BCUT2D eigenvalue weighted by atomic mass is 16.6. The lowest BCUT2D eigenvalue weighted by Crippen LogP contribution is -2.42. The molecule has 1 aliphatic carbocycles. The van der Waals surface area contributed by atoms with Gasteiger partial charge in [0, 0.05) is 5.92 Å². The van der Waals surface area contributed by atoms with Gasteiger partial charge in [-0.25, -0.2) is 4.79 Å². The summed E-state index contributed by atoms with van der Waals surface area (Å²) in [4.78, 5) is 13.3. The standard InChI is InChI=1S/C29H40O3/c1-20(2)22-16-18-24(19-17-22)29(5,6)25-14-10-11-15-26(25)32-28(30)27(31-21(3)4)23-12-8-7-9-13-23/h7-9,12-13,16-21,25-27H,10-11,14-15H2,1-6H3/t25-,26-,27+/m0/s1. The molecule has 3 heteroatoms. The lowest BCUT2D eigenvalue weighted by atomic mass is 9.66.